The molecule has 2 N–H and O–H groups in total. The minimum atomic E-state index is -4.63. The van der Waals surface area contributed by atoms with Gasteiger partial charge >= 0.3 is 6.18 Å². The van der Waals surface area contributed by atoms with E-state index in [2.05, 4.69) is 36.0 Å². The number of hydrogen-bond acceptors (Lipinski definition) is 9. The molecule has 1 aliphatic heterocycles. The third-order valence-corrected chi connectivity index (χ3v) is 9.25. The van der Waals surface area contributed by atoms with Crippen LogP contribution in [0.25, 0.3) is 5.65 Å². The Morgan fingerprint density at radius 2 is 1.93 bits per heavy atom. The highest BCUT2D eigenvalue weighted by Crippen LogP contribution is 2.44. The summed E-state index contributed by atoms with van der Waals surface area (Å²) >= 11 is 0. The minimum Gasteiger partial charge on any atom is -0.451 e. The Kier molecular flexibility index (Phi) is 7.31. The summed E-state index contributed by atoms with van der Waals surface area (Å²) in [5.74, 6) is -4.40. The van der Waals surface area contributed by atoms with Crippen LogP contribution >= 0.6 is 0 Å². The van der Waals surface area contributed by atoms with Gasteiger partial charge in [-0.25, -0.2) is 27.9 Å². The van der Waals surface area contributed by atoms with Crippen LogP contribution in [0, 0.1) is 11.3 Å². The zero-order valence-electron chi connectivity index (χ0n) is 24.3. The van der Waals surface area contributed by atoms with Crippen molar-refractivity contribution in [2.75, 3.05) is 0 Å². The molecule has 0 radical (unpaired) electrons. The molecule has 2 aliphatic carbocycles. The van der Waals surface area contributed by atoms with Crippen LogP contribution in [0.15, 0.2) is 40.2 Å². The third-order valence-electron chi connectivity index (χ3n) is 9.25. The molecule has 3 fully saturated rings. The van der Waals surface area contributed by atoms with Crippen molar-refractivity contribution in [2.45, 2.75) is 87.9 Å². The third kappa shape index (κ3) is 5.93. The predicted molar refractivity (Wildman–Crippen MR) is 145 cm³/mol. The van der Waals surface area contributed by atoms with Gasteiger partial charge < -0.3 is 15.1 Å². The Morgan fingerprint density at radius 3 is 2.61 bits per heavy atom. The largest absolute Gasteiger partial charge is 0.451 e. The molecular formula is C29H29F5N8O4. The van der Waals surface area contributed by atoms with Gasteiger partial charge in [0.25, 0.3) is 5.91 Å². The fourth-order valence-corrected chi connectivity index (χ4v) is 6.67. The summed E-state index contributed by atoms with van der Waals surface area (Å²) in [5, 5.41) is 17.1. The molecule has 3 atom stereocenters. The lowest BCUT2D eigenvalue weighted by molar-refractivity contribution is -0.155. The zero-order valence-corrected chi connectivity index (χ0v) is 24.3. The zero-order chi connectivity index (χ0) is 32.3. The maximum Gasteiger partial charge on any atom is 0.408 e. The lowest BCUT2D eigenvalue weighted by atomic mass is 9.75. The number of nitrogens with zero attached hydrogens (tertiary/aromatic N) is 6. The molecule has 2 amide bonds. The Labute approximate surface area is 257 Å². The number of oxazole rings is 1. The second kappa shape index (κ2) is 11.1. The molecule has 4 aromatic rings. The Hall–Kier alpha value is -4.44. The van der Waals surface area contributed by atoms with Crippen molar-refractivity contribution in [1.82, 2.24) is 40.5 Å². The number of alkyl halides is 5. The average molecular weight is 649 g/mol. The van der Waals surface area contributed by atoms with Crippen LogP contribution in [-0.4, -0.2) is 59.9 Å². The fourth-order valence-electron chi connectivity index (χ4n) is 6.67. The van der Waals surface area contributed by atoms with Crippen LogP contribution in [-0.2, 0) is 17.6 Å². The second-order valence-electron chi connectivity index (χ2n) is 12.6. The molecule has 244 valence electrons. The van der Waals surface area contributed by atoms with E-state index in [1.54, 1.807) is 12.3 Å². The van der Waals surface area contributed by atoms with Gasteiger partial charge in [-0.05, 0) is 61.2 Å². The minimum absolute atomic E-state index is 0.0437. The molecule has 0 unspecified atom stereocenters. The highest BCUT2D eigenvalue weighted by molar-refractivity contribution is 5.93. The number of carbonyl (C=O) groups is 2. The normalized spacial score (nSPS) is 24.3. The number of halogens is 5. The first-order chi connectivity index (χ1) is 21.9. The van der Waals surface area contributed by atoms with Crippen molar-refractivity contribution < 1.29 is 40.6 Å². The van der Waals surface area contributed by atoms with Gasteiger partial charge in [0.05, 0.1) is 35.2 Å². The van der Waals surface area contributed by atoms with Gasteiger partial charge in [0.15, 0.2) is 17.7 Å². The van der Waals surface area contributed by atoms with Crippen molar-refractivity contribution in [3.05, 3.63) is 59.5 Å². The van der Waals surface area contributed by atoms with Crippen molar-refractivity contribution in [3.8, 4) is 0 Å². The van der Waals surface area contributed by atoms with Gasteiger partial charge in [-0.3, -0.25) is 9.59 Å². The van der Waals surface area contributed by atoms with Crippen molar-refractivity contribution in [3.63, 3.8) is 0 Å². The first-order valence-corrected chi connectivity index (χ1v) is 15.0. The molecule has 3 aliphatic rings. The SMILES string of the molecule is O=C(N[C@H](c1cn2ncc(C[C@@]3(Cc4cocn4)C[C@@H](C(F)(F)F)NC3=O)cc2n1)C1CCC(F)(F)CC1)c1nonc1C1CC1. The van der Waals surface area contributed by atoms with Crippen LogP contribution in [0.3, 0.4) is 0 Å². The first kappa shape index (κ1) is 30.2. The summed E-state index contributed by atoms with van der Waals surface area (Å²) < 4.78 is 80.4. The second-order valence-corrected chi connectivity index (χ2v) is 12.6. The smallest absolute Gasteiger partial charge is 0.408 e. The molecule has 4 aromatic heterocycles. The number of rotatable bonds is 9. The van der Waals surface area contributed by atoms with Gasteiger partial charge in [0, 0.05) is 25.2 Å². The monoisotopic (exact) mass is 648 g/mol. The summed E-state index contributed by atoms with van der Waals surface area (Å²) in [6, 6.07) is -1.19. The van der Waals surface area contributed by atoms with Gasteiger partial charge in [0.2, 0.25) is 11.8 Å². The molecule has 17 heteroatoms. The van der Waals surface area contributed by atoms with Crippen LogP contribution in [0.1, 0.15) is 90.0 Å². The molecule has 1 saturated heterocycles. The van der Waals surface area contributed by atoms with Crippen molar-refractivity contribution in [2.24, 2.45) is 11.3 Å². The Bertz CT molecular complexity index is 1740. The van der Waals surface area contributed by atoms with Crippen molar-refractivity contribution in [1.29, 1.82) is 0 Å². The maximum absolute atomic E-state index is 14.1. The average Bonchev–Trinajstić information content (AvgIpc) is 3.37. The summed E-state index contributed by atoms with van der Waals surface area (Å²) in [4.78, 5) is 35.2. The number of amides is 2. The van der Waals surface area contributed by atoms with E-state index in [0.717, 1.165) is 19.2 Å². The van der Waals surface area contributed by atoms with Crippen LogP contribution < -0.4 is 10.6 Å². The first-order valence-electron chi connectivity index (χ1n) is 15.0. The number of aromatic nitrogens is 6. The van der Waals surface area contributed by atoms with Crippen LogP contribution in [0.4, 0.5) is 22.0 Å². The number of nitrogens with one attached hydrogen (secondary N) is 2. The molecule has 46 heavy (non-hydrogen) atoms. The van der Waals surface area contributed by atoms with E-state index in [4.69, 9.17) is 9.05 Å². The number of fused-ring (bicyclic) bond motifs is 1. The number of carbonyl (C=O) groups excluding carboxylic acids is 2. The summed E-state index contributed by atoms with van der Waals surface area (Å²) in [6.07, 6.45) is 1.43. The molecule has 0 bridgehead atoms. The molecule has 0 aromatic carbocycles. The Balaban J connectivity index is 1.18. The van der Waals surface area contributed by atoms with Crippen LogP contribution in [0.2, 0.25) is 0 Å². The van der Waals surface area contributed by atoms with E-state index in [1.165, 1.54) is 17.0 Å². The van der Waals surface area contributed by atoms with E-state index >= 15 is 0 Å². The highest BCUT2D eigenvalue weighted by atomic mass is 19.4. The standard InChI is InChI=1S/C29H29F5N8O4/c30-28(31)5-3-17(4-6-28)22(39-25(43)24-23(16-1-2-16)40-46-41-24)19-12-42-21(37-19)7-15(11-36-42)8-27(9-18-13-45-14-35-18)10-20(29(32,33)34)38-26(27)44/h7,11-14,16-17,20,22H,1-6,8-10H2,(H,38,44)(H,39,43)/t20-,22-,27+/m0/s1. The van der Waals surface area contributed by atoms with Crippen molar-refractivity contribution >= 4 is 17.5 Å². The molecule has 2 saturated carbocycles. The predicted octanol–water partition coefficient (Wildman–Crippen LogP) is 4.50. The highest BCUT2D eigenvalue weighted by Gasteiger charge is 2.55. The summed E-state index contributed by atoms with van der Waals surface area (Å²) in [5.41, 5.74) is 0.466. The van der Waals surface area contributed by atoms with Gasteiger partial charge in [0.1, 0.15) is 18.0 Å². The van der Waals surface area contributed by atoms with E-state index in [-0.39, 0.29) is 56.1 Å². The van der Waals surface area contributed by atoms with E-state index < -0.39 is 47.8 Å². The van der Waals surface area contributed by atoms with E-state index in [0.29, 0.717) is 28.3 Å². The topological polar surface area (TPSA) is 153 Å². The fraction of sp³-hybridized carbons (Fsp3) is 0.552. The number of hydrogen-bond donors (Lipinski definition) is 2. The molecule has 7 rings (SSSR count). The summed E-state index contributed by atoms with van der Waals surface area (Å²) in [6.45, 7) is 0. The van der Waals surface area contributed by atoms with E-state index in [9.17, 15) is 31.5 Å². The lowest BCUT2D eigenvalue weighted by Crippen LogP contribution is -2.39. The lowest BCUT2D eigenvalue weighted by Gasteiger charge is -2.33. The van der Waals surface area contributed by atoms with Gasteiger partial charge in [-0.2, -0.15) is 18.3 Å². The quantitative estimate of drug-likeness (QED) is 0.250. The molecule has 5 heterocycles. The molecule has 0 spiro atoms. The maximum atomic E-state index is 14.1. The summed E-state index contributed by atoms with van der Waals surface area (Å²) in [7, 11) is 0. The van der Waals surface area contributed by atoms with Gasteiger partial charge in [-0.1, -0.05) is 5.16 Å². The number of imidazole rings is 1. The van der Waals surface area contributed by atoms with Gasteiger partial charge in [-0.15, -0.1) is 0 Å². The van der Waals surface area contributed by atoms with Crippen LogP contribution in [0.5, 0.6) is 0 Å². The Morgan fingerprint density at radius 1 is 1.15 bits per heavy atom. The van der Waals surface area contributed by atoms with E-state index in [1.807, 2.05) is 0 Å². The molecular weight excluding hydrogens is 619 g/mol. The molecule has 12 nitrogen and oxygen atoms in total.